The number of sulfonamides is 1. The van der Waals surface area contributed by atoms with Gasteiger partial charge in [-0.15, -0.1) is 0 Å². The van der Waals surface area contributed by atoms with E-state index in [2.05, 4.69) is 10.4 Å². The third-order valence-electron chi connectivity index (χ3n) is 5.72. The second-order valence-corrected chi connectivity index (χ2v) is 9.87. The Hall–Kier alpha value is -3.50. The van der Waals surface area contributed by atoms with Gasteiger partial charge in [0.05, 0.1) is 17.7 Å². The Balaban J connectivity index is 1.96. The smallest absolute Gasteiger partial charge is 0.267 e. The zero-order valence-electron chi connectivity index (χ0n) is 20.5. The van der Waals surface area contributed by atoms with E-state index in [9.17, 15) is 18.0 Å². The fraction of sp³-hybridized carbons (Fsp3) is 0.320. The van der Waals surface area contributed by atoms with Crippen LogP contribution in [-0.2, 0) is 14.8 Å². The fourth-order valence-electron chi connectivity index (χ4n) is 3.66. The highest BCUT2D eigenvalue weighted by molar-refractivity contribution is 7.89. The van der Waals surface area contributed by atoms with Gasteiger partial charge in [-0.1, -0.05) is 32.0 Å². The summed E-state index contributed by atoms with van der Waals surface area (Å²) in [5, 5.41) is 7.15. The number of rotatable bonds is 9. The molecule has 0 aliphatic rings. The van der Waals surface area contributed by atoms with Gasteiger partial charge in [-0.2, -0.15) is 9.40 Å². The van der Waals surface area contributed by atoms with E-state index in [-0.39, 0.29) is 4.90 Å². The predicted octanol–water partition coefficient (Wildman–Crippen LogP) is 3.46. The maximum absolute atomic E-state index is 13.1. The molecular weight excluding hydrogens is 468 g/mol. The van der Waals surface area contributed by atoms with Crippen molar-refractivity contribution in [2.24, 2.45) is 0 Å². The molecule has 35 heavy (non-hydrogen) atoms. The molecule has 1 N–H and O–H groups in total. The van der Waals surface area contributed by atoms with Crippen molar-refractivity contribution in [2.45, 2.75) is 38.6 Å². The van der Waals surface area contributed by atoms with E-state index in [1.165, 1.54) is 23.5 Å². The van der Waals surface area contributed by atoms with Crippen molar-refractivity contribution < 1.29 is 17.9 Å². The lowest BCUT2D eigenvalue weighted by Crippen LogP contribution is -2.33. The van der Waals surface area contributed by atoms with E-state index in [0.29, 0.717) is 41.3 Å². The van der Waals surface area contributed by atoms with Crippen LogP contribution in [0, 0.1) is 6.92 Å². The Morgan fingerprint density at radius 1 is 1.11 bits per heavy atom. The third-order valence-corrected chi connectivity index (χ3v) is 7.91. The van der Waals surface area contributed by atoms with Crippen LogP contribution in [0.2, 0.25) is 0 Å². The minimum Gasteiger partial charge on any atom is -0.497 e. The number of benzene rings is 2. The van der Waals surface area contributed by atoms with Crippen LogP contribution in [0.3, 0.4) is 0 Å². The Labute approximate surface area is 205 Å². The molecule has 186 valence electrons. The molecule has 0 aliphatic carbocycles. The number of carbonyl (C=O) groups is 1. The van der Waals surface area contributed by atoms with Gasteiger partial charge in [0.25, 0.3) is 5.56 Å². The average Bonchev–Trinajstić information content (AvgIpc) is 2.84. The van der Waals surface area contributed by atoms with Gasteiger partial charge in [-0.3, -0.25) is 9.59 Å². The quantitative estimate of drug-likeness (QED) is 0.484. The number of ether oxygens (including phenoxy) is 1. The standard InChI is InChI=1S/C25H30N4O5S/c1-6-28(7-2)35(32,33)23-15-19(12-11-17(23)3)22-13-14-24(30)29(27-22)18(4)25(31)26-20-9-8-10-21(16-20)34-5/h8-16,18H,6-7H2,1-5H3,(H,26,31)/t18-/m0/s1. The van der Waals surface area contributed by atoms with Gasteiger partial charge in [0.15, 0.2) is 0 Å². The Bertz CT molecular complexity index is 1380. The summed E-state index contributed by atoms with van der Waals surface area (Å²) < 4.78 is 33.9. The zero-order chi connectivity index (χ0) is 25.8. The number of hydrogen-bond donors (Lipinski definition) is 1. The monoisotopic (exact) mass is 498 g/mol. The molecule has 0 unspecified atom stereocenters. The summed E-state index contributed by atoms with van der Waals surface area (Å²) in [6, 6.07) is 13.8. The lowest BCUT2D eigenvalue weighted by molar-refractivity contribution is -0.119. The van der Waals surface area contributed by atoms with E-state index in [1.807, 2.05) is 0 Å². The van der Waals surface area contributed by atoms with Gasteiger partial charge in [0.2, 0.25) is 15.9 Å². The number of methoxy groups -OCH3 is 1. The van der Waals surface area contributed by atoms with E-state index in [0.717, 1.165) is 4.68 Å². The molecule has 0 bridgehead atoms. The summed E-state index contributed by atoms with van der Waals surface area (Å²) in [4.78, 5) is 25.6. The first-order valence-electron chi connectivity index (χ1n) is 11.3. The molecule has 0 fully saturated rings. The number of amides is 1. The van der Waals surface area contributed by atoms with E-state index < -0.39 is 27.5 Å². The predicted molar refractivity (Wildman–Crippen MR) is 135 cm³/mol. The fourth-order valence-corrected chi connectivity index (χ4v) is 5.36. The molecule has 1 heterocycles. The van der Waals surface area contributed by atoms with Gasteiger partial charge >= 0.3 is 0 Å². The molecule has 3 rings (SSSR count). The molecule has 0 aliphatic heterocycles. The largest absolute Gasteiger partial charge is 0.497 e. The van der Waals surface area contributed by atoms with Gasteiger partial charge in [-0.25, -0.2) is 13.1 Å². The summed E-state index contributed by atoms with van der Waals surface area (Å²) in [7, 11) is -2.16. The number of nitrogens with zero attached hydrogens (tertiary/aromatic N) is 3. The second-order valence-electron chi connectivity index (χ2n) is 7.97. The van der Waals surface area contributed by atoms with Crippen LogP contribution >= 0.6 is 0 Å². The van der Waals surface area contributed by atoms with Gasteiger partial charge in [0.1, 0.15) is 11.8 Å². The molecular formula is C25H30N4O5S. The number of carbonyl (C=O) groups excluding carboxylic acids is 1. The van der Waals surface area contributed by atoms with Crippen molar-refractivity contribution in [3.05, 3.63) is 70.5 Å². The van der Waals surface area contributed by atoms with Crippen molar-refractivity contribution in [3.63, 3.8) is 0 Å². The van der Waals surface area contributed by atoms with Crippen molar-refractivity contribution in [1.29, 1.82) is 0 Å². The number of aryl methyl sites for hydroxylation is 1. The van der Waals surface area contributed by atoms with Gasteiger partial charge in [0, 0.05) is 36.5 Å². The van der Waals surface area contributed by atoms with Crippen LogP contribution in [0.1, 0.15) is 32.4 Å². The minimum atomic E-state index is -3.69. The molecule has 0 saturated heterocycles. The first-order valence-corrected chi connectivity index (χ1v) is 12.7. The minimum absolute atomic E-state index is 0.182. The number of anilines is 1. The van der Waals surface area contributed by atoms with Crippen molar-refractivity contribution in [2.75, 3.05) is 25.5 Å². The SMILES string of the molecule is CCN(CC)S(=O)(=O)c1cc(-c2ccc(=O)n([C@@H](C)C(=O)Nc3cccc(OC)c3)n2)ccc1C. The molecule has 1 amide bonds. The van der Waals surface area contributed by atoms with Crippen LogP contribution in [0.15, 0.2) is 64.3 Å². The molecule has 2 aromatic carbocycles. The number of nitrogens with one attached hydrogen (secondary N) is 1. The lowest BCUT2D eigenvalue weighted by atomic mass is 10.1. The van der Waals surface area contributed by atoms with E-state index in [4.69, 9.17) is 4.74 Å². The topological polar surface area (TPSA) is 111 Å². The van der Waals surface area contributed by atoms with E-state index >= 15 is 0 Å². The van der Waals surface area contributed by atoms with Crippen LogP contribution in [0.5, 0.6) is 5.75 Å². The van der Waals surface area contributed by atoms with Gasteiger partial charge in [-0.05, 0) is 43.7 Å². The second kappa shape index (κ2) is 10.8. The first kappa shape index (κ1) is 26.1. The molecule has 10 heteroatoms. The van der Waals surface area contributed by atoms with Crippen LogP contribution < -0.4 is 15.6 Å². The molecule has 1 aromatic heterocycles. The average molecular weight is 499 g/mol. The van der Waals surface area contributed by atoms with Gasteiger partial charge < -0.3 is 10.1 Å². The Morgan fingerprint density at radius 2 is 1.83 bits per heavy atom. The molecule has 3 aromatic rings. The molecule has 0 spiro atoms. The highest BCUT2D eigenvalue weighted by Gasteiger charge is 2.25. The number of aromatic nitrogens is 2. The third kappa shape index (κ3) is 5.60. The molecule has 9 nitrogen and oxygen atoms in total. The van der Waals surface area contributed by atoms with Crippen LogP contribution in [0.4, 0.5) is 5.69 Å². The molecule has 1 atom stereocenters. The Kier molecular flexibility index (Phi) is 8.08. The van der Waals surface area contributed by atoms with E-state index in [1.54, 1.807) is 70.2 Å². The molecule has 0 saturated carbocycles. The summed E-state index contributed by atoms with van der Waals surface area (Å²) in [6.07, 6.45) is 0. The highest BCUT2D eigenvalue weighted by Crippen LogP contribution is 2.26. The van der Waals surface area contributed by atoms with Crippen molar-refractivity contribution >= 4 is 21.6 Å². The van der Waals surface area contributed by atoms with Crippen molar-refractivity contribution in [1.82, 2.24) is 14.1 Å². The number of hydrogen-bond acceptors (Lipinski definition) is 6. The lowest BCUT2D eigenvalue weighted by Gasteiger charge is -2.20. The van der Waals surface area contributed by atoms with Crippen LogP contribution in [-0.4, -0.2) is 48.6 Å². The Morgan fingerprint density at radius 3 is 2.49 bits per heavy atom. The maximum atomic E-state index is 13.1. The first-order chi connectivity index (χ1) is 16.6. The normalized spacial score (nSPS) is 12.4. The zero-order valence-corrected chi connectivity index (χ0v) is 21.3. The highest BCUT2D eigenvalue weighted by atomic mass is 32.2. The summed E-state index contributed by atoms with van der Waals surface area (Å²) in [6.45, 7) is 7.58. The maximum Gasteiger partial charge on any atom is 0.267 e. The van der Waals surface area contributed by atoms with Crippen LogP contribution in [0.25, 0.3) is 11.3 Å². The summed E-state index contributed by atoms with van der Waals surface area (Å²) in [5.74, 6) is 0.154. The summed E-state index contributed by atoms with van der Waals surface area (Å²) >= 11 is 0. The van der Waals surface area contributed by atoms with Crippen molar-refractivity contribution in [3.8, 4) is 17.0 Å². The molecule has 0 radical (unpaired) electrons. The summed E-state index contributed by atoms with van der Waals surface area (Å²) in [5.41, 5.74) is 1.58.